The maximum atomic E-state index is 12.9. The Labute approximate surface area is 183 Å². The first-order valence-electron chi connectivity index (χ1n) is 10.9. The summed E-state index contributed by atoms with van der Waals surface area (Å²) in [4.78, 5) is 41.5. The predicted octanol–water partition coefficient (Wildman–Crippen LogP) is 2.99. The van der Waals surface area contributed by atoms with Crippen molar-refractivity contribution in [3.8, 4) is 5.75 Å². The van der Waals surface area contributed by atoms with Crippen molar-refractivity contribution in [1.29, 1.82) is 0 Å². The molecule has 0 saturated carbocycles. The van der Waals surface area contributed by atoms with Crippen LogP contribution in [0.5, 0.6) is 5.75 Å². The average Bonchev–Trinajstić information content (AvgIpc) is 3.18. The molecule has 1 saturated heterocycles. The summed E-state index contributed by atoms with van der Waals surface area (Å²) in [6.45, 7) is 8.43. The minimum Gasteiger partial charge on any atom is -0.489 e. The van der Waals surface area contributed by atoms with Crippen LogP contribution < -0.4 is 15.0 Å². The third-order valence-electron chi connectivity index (χ3n) is 5.44. The van der Waals surface area contributed by atoms with Crippen LogP contribution in [-0.4, -0.2) is 67.6 Å². The van der Waals surface area contributed by atoms with Gasteiger partial charge in [-0.1, -0.05) is 0 Å². The van der Waals surface area contributed by atoms with Gasteiger partial charge in [-0.3, -0.25) is 9.59 Å². The maximum Gasteiger partial charge on any atom is 0.408 e. The summed E-state index contributed by atoms with van der Waals surface area (Å²) in [6, 6.07) is 4.26. The molecule has 0 unspecified atom stereocenters. The largest absolute Gasteiger partial charge is 0.489 e. The molecule has 1 fully saturated rings. The molecule has 0 aromatic heterocycles. The second-order valence-electron chi connectivity index (χ2n) is 9.17. The van der Waals surface area contributed by atoms with E-state index in [2.05, 4.69) is 10.2 Å². The highest BCUT2D eigenvalue weighted by Crippen LogP contribution is 2.32. The smallest absolute Gasteiger partial charge is 0.408 e. The van der Waals surface area contributed by atoms with Crippen molar-refractivity contribution in [3.63, 3.8) is 0 Å². The monoisotopic (exact) mass is 431 g/mol. The molecule has 0 aliphatic carbocycles. The van der Waals surface area contributed by atoms with Crippen molar-refractivity contribution in [2.45, 2.75) is 58.1 Å². The second-order valence-corrected chi connectivity index (χ2v) is 9.17. The molecule has 1 aromatic rings. The van der Waals surface area contributed by atoms with Gasteiger partial charge in [-0.15, -0.1) is 0 Å². The summed E-state index contributed by atoms with van der Waals surface area (Å²) in [7, 11) is 1.61. The Balaban J connectivity index is 1.63. The van der Waals surface area contributed by atoms with E-state index in [1.807, 2.05) is 0 Å². The number of Topliss-reactive ketones (excluding diaryl/α,β-unsaturated/α-hetero) is 1. The van der Waals surface area contributed by atoms with Gasteiger partial charge in [0.05, 0.1) is 5.69 Å². The van der Waals surface area contributed by atoms with Gasteiger partial charge in [0.1, 0.15) is 24.0 Å². The summed E-state index contributed by atoms with van der Waals surface area (Å²) in [5.74, 6) is 0.219. The SMILES string of the molecule is CN1C(=O)[C@@H](NC(=O)OC(C)(C)C)COc2ccc(C(=O)CCCN3CCCC3)cc21. The molecule has 1 atom stereocenters. The number of ether oxygens (including phenoxy) is 2. The van der Waals surface area contributed by atoms with Crippen molar-refractivity contribution >= 4 is 23.5 Å². The molecular weight excluding hydrogens is 398 g/mol. The van der Waals surface area contributed by atoms with E-state index in [4.69, 9.17) is 9.47 Å². The number of fused-ring (bicyclic) bond motifs is 1. The molecule has 0 bridgehead atoms. The molecule has 2 aliphatic heterocycles. The molecule has 1 aromatic carbocycles. The molecule has 1 N–H and O–H groups in total. The fourth-order valence-corrected chi connectivity index (χ4v) is 3.84. The first kappa shape index (κ1) is 23.1. The van der Waals surface area contributed by atoms with Crippen LogP contribution in [0, 0.1) is 0 Å². The summed E-state index contributed by atoms with van der Waals surface area (Å²) >= 11 is 0. The Hall–Kier alpha value is -2.61. The van der Waals surface area contributed by atoms with Crippen LogP contribution in [0.3, 0.4) is 0 Å². The van der Waals surface area contributed by atoms with Crippen molar-refractivity contribution in [2.75, 3.05) is 38.2 Å². The number of ketones is 1. The number of amides is 2. The van der Waals surface area contributed by atoms with Gasteiger partial charge in [0.15, 0.2) is 5.78 Å². The van der Waals surface area contributed by atoms with E-state index < -0.39 is 17.7 Å². The lowest BCUT2D eigenvalue weighted by Gasteiger charge is -2.23. The van der Waals surface area contributed by atoms with Gasteiger partial charge in [0.25, 0.3) is 5.91 Å². The van der Waals surface area contributed by atoms with Gasteiger partial charge in [-0.05, 0) is 77.9 Å². The highest BCUT2D eigenvalue weighted by Gasteiger charge is 2.32. The van der Waals surface area contributed by atoms with Crippen LogP contribution in [-0.2, 0) is 9.53 Å². The number of nitrogens with one attached hydrogen (secondary N) is 1. The Morgan fingerprint density at radius 3 is 2.61 bits per heavy atom. The van der Waals surface area contributed by atoms with Gasteiger partial charge in [-0.25, -0.2) is 4.79 Å². The van der Waals surface area contributed by atoms with Gasteiger partial charge in [-0.2, -0.15) is 0 Å². The fourth-order valence-electron chi connectivity index (χ4n) is 3.84. The zero-order valence-electron chi connectivity index (χ0n) is 18.9. The molecule has 8 heteroatoms. The number of benzene rings is 1. The quantitative estimate of drug-likeness (QED) is 0.697. The maximum absolute atomic E-state index is 12.9. The lowest BCUT2D eigenvalue weighted by atomic mass is 10.0. The van der Waals surface area contributed by atoms with Crippen molar-refractivity contribution in [3.05, 3.63) is 23.8 Å². The molecule has 3 rings (SSSR count). The number of rotatable bonds is 6. The van der Waals surface area contributed by atoms with Gasteiger partial charge < -0.3 is 24.6 Å². The summed E-state index contributed by atoms with van der Waals surface area (Å²) in [6.07, 6.45) is 3.09. The third-order valence-corrected chi connectivity index (χ3v) is 5.44. The third kappa shape index (κ3) is 6.19. The van der Waals surface area contributed by atoms with Crippen LogP contribution in [0.15, 0.2) is 18.2 Å². The molecule has 170 valence electrons. The van der Waals surface area contributed by atoms with Gasteiger partial charge >= 0.3 is 6.09 Å². The van der Waals surface area contributed by atoms with Crippen LogP contribution in [0.1, 0.15) is 56.8 Å². The van der Waals surface area contributed by atoms with Crippen molar-refractivity contribution in [1.82, 2.24) is 10.2 Å². The number of carbonyl (C=O) groups is 3. The molecule has 0 spiro atoms. The number of hydrogen-bond donors (Lipinski definition) is 1. The van der Waals surface area contributed by atoms with Crippen LogP contribution in [0.2, 0.25) is 0 Å². The van der Waals surface area contributed by atoms with E-state index in [9.17, 15) is 14.4 Å². The Morgan fingerprint density at radius 1 is 1.23 bits per heavy atom. The lowest BCUT2D eigenvalue weighted by Crippen LogP contribution is -2.50. The minimum atomic E-state index is -0.883. The van der Waals surface area contributed by atoms with E-state index in [0.29, 0.717) is 23.4 Å². The first-order valence-corrected chi connectivity index (χ1v) is 10.9. The summed E-state index contributed by atoms with van der Waals surface area (Å²) in [5.41, 5.74) is 0.406. The number of likely N-dealkylation sites (N-methyl/N-ethyl adjacent to an activating group) is 1. The van der Waals surface area contributed by atoms with E-state index in [1.165, 1.54) is 17.7 Å². The summed E-state index contributed by atoms with van der Waals surface area (Å²) in [5, 5.41) is 2.57. The number of carbonyl (C=O) groups excluding carboxylic acids is 3. The topological polar surface area (TPSA) is 88.2 Å². The lowest BCUT2D eigenvalue weighted by molar-refractivity contribution is -0.120. The van der Waals surface area contributed by atoms with E-state index in [-0.39, 0.29) is 18.3 Å². The zero-order chi connectivity index (χ0) is 22.6. The van der Waals surface area contributed by atoms with E-state index >= 15 is 0 Å². The highest BCUT2D eigenvalue weighted by molar-refractivity contribution is 6.03. The van der Waals surface area contributed by atoms with Crippen LogP contribution in [0.25, 0.3) is 0 Å². The Bertz CT molecular complexity index is 827. The van der Waals surface area contributed by atoms with Gasteiger partial charge in [0, 0.05) is 19.0 Å². The number of anilines is 1. The Morgan fingerprint density at radius 2 is 1.94 bits per heavy atom. The summed E-state index contributed by atoms with van der Waals surface area (Å²) < 4.78 is 11.0. The fraction of sp³-hybridized carbons (Fsp3) is 0.609. The highest BCUT2D eigenvalue weighted by atomic mass is 16.6. The molecule has 2 heterocycles. The molecule has 2 aliphatic rings. The molecule has 31 heavy (non-hydrogen) atoms. The predicted molar refractivity (Wildman–Crippen MR) is 118 cm³/mol. The number of nitrogens with zero attached hydrogens (tertiary/aromatic N) is 2. The molecule has 8 nitrogen and oxygen atoms in total. The first-order chi connectivity index (χ1) is 14.6. The minimum absolute atomic E-state index is 0.0153. The zero-order valence-corrected chi connectivity index (χ0v) is 18.9. The van der Waals surface area contributed by atoms with Gasteiger partial charge in [0.2, 0.25) is 0 Å². The number of likely N-dealkylation sites (tertiary alicyclic amines) is 1. The van der Waals surface area contributed by atoms with Crippen molar-refractivity contribution < 1.29 is 23.9 Å². The second kappa shape index (κ2) is 9.68. The average molecular weight is 432 g/mol. The molecule has 2 amide bonds. The number of alkyl carbamates (subject to hydrolysis) is 1. The van der Waals surface area contributed by atoms with E-state index in [0.717, 1.165) is 26.1 Å². The number of hydrogen-bond acceptors (Lipinski definition) is 6. The van der Waals surface area contributed by atoms with Crippen LogP contribution in [0.4, 0.5) is 10.5 Å². The molecule has 0 radical (unpaired) electrons. The molecular formula is C23H33N3O5. The van der Waals surface area contributed by atoms with Crippen molar-refractivity contribution in [2.24, 2.45) is 0 Å². The normalized spacial score (nSPS) is 19.4. The Kier molecular flexibility index (Phi) is 7.20. The van der Waals surface area contributed by atoms with E-state index in [1.54, 1.807) is 46.0 Å². The standard InChI is InChI=1S/C23H33N3O5/c1-23(2,3)31-22(29)24-17-15-30-20-10-9-16(14-18(20)25(4)21(17)28)19(27)8-7-13-26-11-5-6-12-26/h9-10,14,17H,5-8,11-13,15H2,1-4H3,(H,24,29)/t17-/m0/s1. The van der Waals surface area contributed by atoms with Crippen LogP contribution >= 0.6 is 0 Å².